The van der Waals surface area contributed by atoms with E-state index in [4.69, 9.17) is 5.73 Å². The lowest BCUT2D eigenvalue weighted by atomic mass is 10.4. The number of carbonyl (C=O) groups excluding carboxylic acids is 1. The Hall–Kier alpha value is -2.05. The van der Waals surface area contributed by atoms with Gasteiger partial charge in [-0.2, -0.15) is 0 Å². The van der Waals surface area contributed by atoms with Crippen LogP contribution in [0, 0.1) is 0 Å². The molecule has 0 aliphatic heterocycles. The summed E-state index contributed by atoms with van der Waals surface area (Å²) in [6.07, 6.45) is 3.50. The molecule has 0 aromatic carbocycles. The van der Waals surface area contributed by atoms with Crippen LogP contribution in [0.3, 0.4) is 0 Å². The van der Waals surface area contributed by atoms with Crippen molar-refractivity contribution in [3.05, 3.63) is 27.0 Å². The van der Waals surface area contributed by atoms with Crippen molar-refractivity contribution in [3.8, 4) is 0 Å². The van der Waals surface area contributed by atoms with Crippen LogP contribution in [0.25, 0.3) is 0 Å². The van der Waals surface area contributed by atoms with Gasteiger partial charge in [-0.1, -0.05) is 0 Å². The van der Waals surface area contributed by atoms with Crippen molar-refractivity contribution in [2.45, 2.75) is 31.8 Å². The van der Waals surface area contributed by atoms with E-state index in [1.54, 1.807) is 0 Å². The van der Waals surface area contributed by atoms with Crippen molar-refractivity contribution in [1.29, 1.82) is 0 Å². The van der Waals surface area contributed by atoms with Crippen LogP contribution < -0.4 is 22.3 Å². The molecule has 0 bridgehead atoms. The predicted molar refractivity (Wildman–Crippen MR) is 61.5 cm³/mol. The highest BCUT2D eigenvalue weighted by Gasteiger charge is 2.22. The molecule has 7 heteroatoms. The summed E-state index contributed by atoms with van der Waals surface area (Å²) in [6.45, 7) is 0.207. The molecule has 1 aliphatic carbocycles. The molecule has 0 unspecified atom stereocenters. The number of nitrogens with two attached hydrogens (primary N) is 1. The molecule has 1 saturated carbocycles. The van der Waals surface area contributed by atoms with Crippen molar-refractivity contribution in [2.75, 3.05) is 5.73 Å². The smallest absolute Gasteiger partial charge is 0.328 e. The van der Waals surface area contributed by atoms with E-state index >= 15 is 0 Å². The summed E-state index contributed by atoms with van der Waals surface area (Å²) >= 11 is 0. The molecule has 0 radical (unpaired) electrons. The molecule has 0 atom stereocenters. The lowest BCUT2D eigenvalue weighted by molar-refractivity contribution is -0.121. The van der Waals surface area contributed by atoms with E-state index in [1.165, 1.54) is 10.8 Å². The third kappa shape index (κ3) is 2.96. The van der Waals surface area contributed by atoms with Gasteiger partial charge in [0, 0.05) is 25.2 Å². The Morgan fingerprint density at radius 1 is 1.53 bits per heavy atom. The molecule has 17 heavy (non-hydrogen) atoms. The van der Waals surface area contributed by atoms with E-state index in [0.29, 0.717) is 6.04 Å². The number of hydrogen-bond acceptors (Lipinski definition) is 4. The number of carbonyl (C=O) groups is 1. The quantitative estimate of drug-likeness (QED) is 0.611. The molecule has 1 aromatic rings. The third-order valence-electron chi connectivity index (χ3n) is 2.56. The fourth-order valence-corrected chi connectivity index (χ4v) is 1.44. The van der Waals surface area contributed by atoms with Crippen molar-refractivity contribution in [1.82, 2.24) is 14.9 Å². The molecule has 7 nitrogen and oxygen atoms in total. The number of aryl methyl sites for hydroxylation is 1. The minimum absolute atomic E-state index is 0.0350. The van der Waals surface area contributed by atoms with E-state index in [1.807, 2.05) is 0 Å². The molecule has 0 spiro atoms. The number of nitrogens with zero attached hydrogens (tertiary/aromatic N) is 1. The lowest BCUT2D eigenvalue weighted by Crippen LogP contribution is -2.33. The fourth-order valence-electron chi connectivity index (χ4n) is 1.44. The second kappa shape index (κ2) is 4.44. The van der Waals surface area contributed by atoms with Crippen LogP contribution in [0.1, 0.15) is 19.3 Å². The van der Waals surface area contributed by atoms with Crippen molar-refractivity contribution < 1.29 is 4.79 Å². The highest BCUT2D eigenvalue weighted by molar-refractivity contribution is 5.76. The molecule has 2 rings (SSSR count). The van der Waals surface area contributed by atoms with Gasteiger partial charge in [-0.25, -0.2) is 4.79 Å². The van der Waals surface area contributed by atoms with Crippen LogP contribution in [0.4, 0.5) is 5.69 Å². The summed E-state index contributed by atoms with van der Waals surface area (Å²) in [4.78, 5) is 35.8. The first-order chi connectivity index (χ1) is 8.06. The average Bonchev–Trinajstić information content (AvgIpc) is 3.05. The maximum atomic E-state index is 11.4. The van der Waals surface area contributed by atoms with Gasteiger partial charge in [-0.15, -0.1) is 0 Å². The summed E-state index contributed by atoms with van der Waals surface area (Å²) in [5.41, 5.74) is 4.19. The van der Waals surface area contributed by atoms with Gasteiger partial charge in [0.25, 0.3) is 5.56 Å². The van der Waals surface area contributed by atoms with Gasteiger partial charge < -0.3 is 11.1 Å². The Balaban J connectivity index is 1.98. The summed E-state index contributed by atoms with van der Waals surface area (Å²) in [5, 5.41) is 2.81. The van der Waals surface area contributed by atoms with Gasteiger partial charge in [0.2, 0.25) is 5.91 Å². The second-order valence-corrected chi connectivity index (χ2v) is 4.13. The Bertz CT molecular complexity index is 541. The normalized spacial score (nSPS) is 14.6. The number of aromatic amines is 1. The third-order valence-corrected chi connectivity index (χ3v) is 2.56. The van der Waals surface area contributed by atoms with E-state index in [0.717, 1.165) is 12.8 Å². The summed E-state index contributed by atoms with van der Waals surface area (Å²) in [7, 11) is 0. The zero-order chi connectivity index (χ0) is 12.4. The maximum absolute atomic E-state index is 11.4. The van der Waals surface area contributed by atoms with Gasteiger partial charge in [-0.3, -0.25) is 19.1 Å². The first-order valence-corrected chi connectivity index (χ1v) is 5.45. The van der Waals surface area contributed by atoms with Crippen LogP contribution in [0.2, 0.25) is 0 Å². The van der Waals surface area contributed by atoms with Gasteiger partial charge in [0.15, 0.2) is 0 Å². The number of rotatable bonds is 4. The van der Waals surface area contributed by atoms with Crippen molar-refractivity contribution in [3.63, 3.8) is 0 Å². The molecule has 1 aliphatic rings. The lowest BCUT2D eigenvalue weighted by Gasteiger charge is -2.06. The molecular weight excluding hydrogens is 224 g/mol. The van der Waals surface area contributed by atoms with Crippen LogP contribution in [0.5, 0.6) is 0 Å². The fraction of sp³-hybridized carbons (Fsp3) is 0.500. The van der Waals surface area contributed by atoms with Gasteiger partial charge in [0.05, 0.1) is 0 Å². The first kappa shape index (κ1) is 11.4. The highest BCUT2D eigenvalue weighted by Crippen LogP contribution is 2.18. The van der Waals surface area contributed by atoms with Gasteiger partial charge in [-0.05, 0) is 12.8 Å². The Kier molecular flexibility index (Phi) is 2.99. The monoisotopic (exact) mass is 238 g/mol. The molecule has 92 valence electrons. The van der Waals surface area contributed by atoms with Gasteiger partial charge >= 0.3 is 5.69 Å². The standard InChI is InChI=1S/C10H14N4O3/c11-7-5-14(10(17)13-9(7)16)4-3-8(15)12-6-1-2-6/h5-6H,1-4,11H2,(H,12,15)(H,13,16,17). The van der Waals surface area contributed by atoms with Crippen molar-refractivity contribution >= 4 is 11.6 Å². The molecule has 1 fully saturated rings. The minimum atomic E-state index is -0.603. The largest absolute Gasteiger partial charge is 0.393 e. The number of aromatic nitrogens is 2. The average molecular weight is 238 g/mol. The minimum Gasteiger partial charge on any atom is -0.393 e. The van der Waals surface area contributed by atoms with Crippen LogP contribution in [-0.2, 0) is 11.3 Å². The Morgan fingerprint density at radius 3 is 2.88 bits per heavy atom. The summed E-state index contributed by atoms with van der Waals surface area (Å²) in [6, 6.07) is 0.305. The van der Waals surface area contributed by atoms with Crippen molar-refractivity contribution in [2.24, 2.45) is 0 Å². The Labute approximate surface area is 96.6 Å². The van der Waals surface area contributed by atoms with E-state index in [-0.39, 0.29) is 24.6 Å². The van der Waals surface area contributed by atoms with Gasteiger partial charge in [0.1, 0.15) is 5.69 Å². The molecular formula is C10H14N4O3. The maximum Gasteiger partial charge on any atom is 0.328 e. The topological polar surface area (TPSA) is 110 Å². The number of hydrogen-bond donors (Lipinski definition) is 3. The molecule has 4 N–H and O–H groups in total. The number of anilines is 1. The first-order valence-electron chi connectivity index (χ1n) is 5.45. The second-order valence-electron chi connectivity index (χ2n) is 4.13. The zero-order valence-corrected chi connectivity index (χ0v) is 9.23. The molecule has 1 aromatic heterocycles. The number of nitrogen functional groups attached to an aromatic ring is 1. The van der Waals surface area contributed by atoms with Crippen LogP contribution in [-0.4, -0.2) is 21.5 Å². The summed E-state index contributed by atoms with van der Waals surface area (Å²) < 4.78 is 1.23. The predicted octanol–water partition coefficient (Wildman–Crippen LogP) is -1.21. The summed E-state index contributed by atoms with van der Waals surface area (Å²) in [5.74, 6) is -0.0934. The molecule has 0 saturated heterocycles. The molecule has 1 heterocycles. The van der Waals surface area contributed by atoms with E-state index in [9.17, 15) is 14.4 Å². The van der Waals surface area contributed by atoms with Crippen LogP contribution in [0.15, 0.2) is 15.8 Å². The SMILES string of the molecule is Nc1cn(CCC(=O)NC2CC2)c(=O)[nH]c1=O. The molecule has 1 amide bonds. The zero-order valence-electron chi connectivity index (χ0n) is 9.23. The van der Waals surface area contributed by atoms with E-state index < -0.39 is 11.2 Å². The highest BCUT2D eigenvalue weighted by atomic mass is 16.2. The van der Waals surface area contributed by atoms with E-state index in [2.05, 4.69) is 10.3 Å². The Morgan fingerprint density at radius 2 is 2.24 bits per heavy atom. The number of amides is 1. The number of nitrogens with one attached hydrogen (secondary N) is 2. The van der Waals surface area contributed by atoms with Crippen LogP contribution >= 0.6 is 0 Å². The number of H-pyrrole nitrogens is 1.